The molecule has 0 aliphatic rings. The number of carbonyl (C=O) groups is 1. The first kappa shape index (κ1) is 17.9. The highest BCUT2D eigenvalue weighted by Crippen LogP contribution is 2.23. The first-order valence-electron chi connectivity index (χ1n) is 8.68. The molecule has 0 radical (unpaired) electrons. The van der Waals surface area contributed by atoms with E-state index in [1.54, 1.807) is 25.2 Å². The molecule has 28 heavy (non-hydrogen) atoms. The Kier molecular flexibility index (Phi) is 4.67. The van der Waals surface area contributed by atoms with Crippen LogP contribution < -0.4 is 16.6 Å². The van der Waals surface area contributed by atoms with Gasteiger partial charge in [-0.1, -0.05) is 48.5 Å². The zero-order chi connectivity index (χ0) is 19.7. The summed E-state index contributed by atoms with van der Waals surface area (Å²) in [6.07, 6.45) is 0. The molecule has 0 fully saturated rings. The molecule has 0 atom stereocenters. The Bertz CT molecular complexity index is 1270. The van der Waals surface area contributed by atoms with Crippen LogP contribution in [-0.2, 0) is 13.6 Å². The topological polar surface area (TPSA) is 73.1 Å². The number of aromatic nitrogens is 2. The van der Waals surface area contributed by atoms with Gasteiger partial charge in [-0.3, -0.25) is 18.7 Å². The van der Waals surface area contributed by atoms with Gasteiger partial charge < -0.3 is 5.32 Å². The van der Waals surface area contributed by atoms with Crippen molar-refractivity contribution in [2.45, 2.75) is 6.54 Å². The molecular weight excluding hydrogens is 374 g/mol. The average molecular weight is 391 g/mol. The predicted octanol–water partition coefficient (Wildman–Crippen LogP) is 3.06. The van der Waals surface area contributed by atoms with Crippen LogP contribution in [0.5, 0.6) is 0 Å². The summed E-state index contributed by atoms with van der Waals surface area (Å²) in [6, 6.07) is 20.0. The van der Waals surface area contributed by atoms with Gasteiger partial charge in [0.05, 0.1) is 16.8 Å². The van der Waals surface area contributed by atoms with Crippen molar-refractivity contribution in [1.29, 1.82) is 0 Å². The molecular formula is C21H17N3O3S. The van der Waals surface area contributed by atoms with Gasteiger partial charge in [0, 0.05) is 12.7 Å². The van der Waals surface area contributed by atoms with E-state index < -0.39 is 11.2 Å². The van der Waals surface area contributed by atoms with E-state index in [0.29, 0.717) is 20.8 Å². The molecule has 0 unspecified atom stereocenters. The summed E-state index contributed by atoms with van der Waals surface area (Å²) in [7, 11) is 1.61. The summed E-state index contributed by atoms with van der Waals surface area (Å²) in [5, 5.41) is 3.16. The molecule has 2 aromatic carbocycles. The van der Waals surface area contributed by atoms with E-state index in [1.807, 2.05) is 48.5 Å². The highest BCUT2D eigenvalue weighted by molar-refractivity contribution is 7.20. The number of nitrogens with zero attached hydrogens (tertiary/aromatic N) is 2. The molecule has 0 bridgehead atoms. The van der Waals surface area contributed by atoms with Crippen molar-refractivity contribution >= 4 is 33.1 Å². The molecule has 2 heterocycles. The minimum Gasteiger partial charge on any atom is -0.321 e. The highest BCUT2D eigenvalue weighted by Gasteiger charge is 2.18. The van der Waals surface area contributed by atoms with Gasteiger partial charge in [0.2, 0.25) is 0 Å². The number of para-hydroxylation sites is 1. The van der Waals surface area contributed by atoms with E-state index in [9.17, 15) is 14.4 Å². The van der Waals surface area contributed by atoms with E-state index in [-0.39, 0.29) is 12.5 Å². The van der Waals surface area contributed by atoms with E-state index in [4.69, 9.17) is 0 Å². The summed E-state index contributed by atoms with van der Waals surface area (Å²) in [6.45, 7) is 0.184. The van der Waals surface area contributed by atoms with Crippen LogP contribution in [0.3, 0.4) is 0 Å². The quantitative estimate of drug-likeness (QED) is 0.581. The fraction of sp³-hybridized carbons (Fsp3) is 0.0952. The largest absolute Gasteiger partial charge is 0.332 e. The number of nitrogens with one attached hydrogen (secondary N) is 1. The van der Waals surface area contributed by atoms with Gasteiger partial charge in [0.15, 0.2) is 0 Å². The Labute approximate surface area is 164 Å². The standard InChI is InChI=1S/C21H17N3O3S/c1-23-20-16(12-17(28-20)18(25)22-15-10-6-3-7-11-15)19(26)24(21(23)27)13-14-8-4-2-5-9-14/h2-12H,13H2,1H3,(H,22,25). The smallest absolute Gasteiger partial charge is 0.321 e. The molecule has 0 saturated heterocycles. The van der Waals surface area contributed by atoms with Gasteiger partial charge in [0.1, 0.15) is 4.83 Å². The number of hydrogen-bond donors (Lipinski definition) is 1. The molecule has 7 heteroatoms. The maximum atomic E-state index is 12.9. The fourth-order valence-electron chi connectivity index (χ4n) is 3.02. The number of benzene rings is 2. The van der Waals surface area contributed by atoms with Crippen LogP contribution in [0.2, 0.25) is 0 Å². The second-order valence-corrected chi connectivity index (χ2v) is 7.40. The van der Waals surface area contributed by atoms with Crippen LogP contribution in [-0.4, -0.2) is 15.0 Å². The number of aryl methyl sites for hydroxylation is 1. The minimum atomic E-state index is -0.404. The molecule has 0 spiro atoms. The number of thiophene rings is 1. The Morgan fingerprint density at radius 3 is 2.32 bits per heavy atom. The lowest BCUT2D eigenvalue weighted by Crippen LogP contribution is -2.38. The third kappa shape index (κ3) is 3.27. The predicted molar refractivity (Wildman–Crippen MR) is 111 cm³/mol. The van der Waals surface area contributed by atoms with Crippen molar-refractivity contribution in [1.82, 2.24) is 9.13 Å². The Morgan fingerprint density at radius 1 is 1.00 bits per heavy atom. The second-order valence-electron chi connectivity index (χ2n) is 6.37. The number of fused-ring (bicyclic) bond motifs is 1. The van der Waals surface area contributed by atoms with E-state index in [0.717, 1.165) is 16.9 Å². The van der Waals surface area contributed by atoms with Crippen molar-refractivity contribution in [3.05, 3.63) is 98.0 Å². The van der Waals surface area contributed by atoms with Crippen molar-refractivity contribution < 1.29 is 4.79 Å². The van der Waals surface area contributed by atoms with Crippen LogP contribution in [0, 0.1) is 0 Å². The fourth-order valence-corrected chi connectivity index (χ4v) is 4.02. The van der Waals surface area contributed by atoms with Crippen LogP contribution in [0.15, 0.2) is 76.3 Å². The van der Waals surface area contributed by atoms with E-state index in [2.05, 4.69) is 5.32 Å². The molecule has 0 aliphatic carbocycles. The lowest BCUT2D eigenvalue weighted by Gasteiger charge is -2.08. The number of amides is 1. The second kappa shape index (κ2) is 7.28. The maximum Gasteiger partial charge on any atom is 0.332 e. The summed E-state index contributed by atoms with van der Waals surface area (Å²) in [4.78, 5) is 39.1. The lowest BCUT2D eigenvalue weighted by molar-refractivity contribution is 0.103. The van der Waals surface area contributed by atoms with Crippen LogP contribution in [0.4, 0.5) is 5.69 Å². The lowest BCUT2D eigenvalue weighted by atomic mass is 10.2. The summed E-state index contributed by atoms with van der Waals surface area (Å²) >= 11 is 1.13. The number of anilines is 1. The normalized spacial score (nSPS) is 10.9. The van der Waals surface area contributed by atoms with Crippen LogP contribution in [0.25, 0.3) is 10.2 Å². The molecule has 2 aromatic heterocycles. The molecule has 6 nitrogen and oxygen atoms in total. The van der Waals surface area contributed by atoms with E-state index in [1.165, 1.54) is 9.13 Å². The molecule has 0 aliphatic heterocycles. The zero-order valence-corrected chi connectivity index (χ0v) is 15.9. The molecule has 0 saturated carbocycles. The van der Waals surface area contributed by atoms with Gasteiger partial charge in [-0.05, 0) is 23.8 Å². The number of hydrogen-bond acceptors (Lipinski definition) is 4. The third-order valence-corrected chi connectivity index (χ3v) is 5.66. The molecule has 1 amide bonds. The zero-order valence-electron chi connectivity index (χ0n) is 15.1. The van der Waals surface area contributed by atoms with Crippen molar-refractivity contribution in [2.75, 3.05) is 5.32 Å². The SMILES string of the molecule is Cn1c(=O)n(Cc2ccccc2)c(=O)c2cc(C(=O)Nc3ccccc3)sc21. The highest BCUT2D eigenvalue weighted by atomic mass is 32.1. The maximum absolute atomic E-state index is 12.9. The molecule has 4 rings (SSSR count). The van der Waals surface area contributed by atoms with Gasteiger partial charge in [-0.25, -0.2) is 4.79 Å². The van der Waals surface area contributed by atoms with Crippen LogP contribution >= 0.6 is 11.3 Å². The summed E-state index contributed by atoms with van der Waals surface area (Å²) in [5.41, 5.74) is 0.730. The van der Waals surface area contributed by atoms with Crippen LogP contribution in [0.1, 0.15) is 15.2 Å². The van der Waals surface area contributed by atoms with Gasteiger partial charge >= 0.3 is 5.69 Å². The van der Waals surface area contributed by atoms with Crippen molar-refractivity contribution in [3.63, 3.8) is 0 Å². The first-order chi connectivity index (χ1) is 13.5. The number of carbonyl (C=O) groups excluding carboxylic acids is 1. The van der Waals surface area contributed by atoms with Gasteiger partial charge in [0.25, 0.3) is 11.5 Å². The number of rotatable bonds is 4. The van der Waals surface area contributed by atoms with E-state index >= 15 is 0 Å². The summed E-state index contributed by atoms with van der Waals surface area (Å²) in [5.74, 6) is -0.311. The Balaban J connectivity index is 1.76. The van der Waals surface area contributed by atoms with Crippen molar-refractivity contribution in [3.8, 4) is 0 Å². The molecule has 4 aromatic rings. The average Bonchev–Trinajstić information content (AvgIpc) is 3.17. The minimum absolute atomic E-state index is 0.184. The third-order valence-electron chi connectivity index (χ3n) is 4.45. The Hall–Kier alpha value is -3.45. The first-order valence-corrected chi connectivity index (χ1v) is 9.50. The van der Waals surface area contributed by atoms with Gasteiger partial charge in [-0.2, -0.15) is 0 Å². The molecule has 1 N–H and O–H groups in total. The monoisotopic (exact) mass is 391 g/mol. The van der Waals surface area contributed by atoms with Crippen molar-refractivity contribution in [2.24, 2.45) is 7.05 Å². The summed E-state index contributed by atoms with van der Waals surface area (Å²) < 4.78 is 2.62. The molecule has 140 valence electrons. The van der Waals surface area contributed by atoms with Gasteiger partial charge in [-0.15, -0.1) is 11.3 Å². The Morgan fingerprint density at radius 2 is 1.64 bits per heavy atom.